The molecule has 1 amide bonds. The van der Waals surface area contributed by atoms with Crippen molar-refractivity contribution in [3.63, 3.8) is 0 Å². The number of aromatic nitrogens is 2. The highest BCUT2D eigenvalue weighted by molar-refractivity contribution is 7.90. The van der Waals surface area contributed by atoms with E-state index in [4.69, 9.17) is 9.47 Å². The van der Waals surface area contributed by atoms with Crippen LogP contribution in [0.1, 0.15) is 37.6 Å². The molecule has 10 nitrogen and oxygen atoms in total. The first kappa shape index (κ1) is 26.2. The largest absolute Gasteiger partial charge is 0.497 e. The van der Waals surface area contributed by atoms with Crippen LogP contribution in [0.2, 0.25) is 0 Å². The number of sulfonamides is 1. The van der Waals surface area contributed by atoms with Gasteiger partial charge in [0.25, 0.3) is 15.9 Å². The fourth-order valence-electron chi connectivity index (χ4n) is 4.66. The zero-order valence-corrected chi connectivity index (χ0v) is 22.3. The Morgan fingerprint density at radius 1 is 1.11 bits per heavy atom. The number of ether oxygens (including phenoxy) is 2. The molecule has 11 heteroatoms. The summed E-state index contributed by atoms with van der Waals surface area (Å²) in [5.41, 5.74) is 0.503. The van der Waals surface area contributed by atoms with E-state index in [0.717, 1.165) is 13.0 Å². The topological polar surface area (TPSA) is 123 Å². The Morgan fingerprint density at radius 2 is 1.89 bits per heavy atom. The summed E-state index contributed by atoms with van der Waals surface area (Å²) >= 11 is 0. The van der Waals surface area contributed by atoms with Gasteiger partial charge in [-0.05, 0) is 62.6 Å². The van der Waals surface area contributed by atoms with Crippen molar-refractivity contribution in [1.29, 1.82) is 0 Å². The number of hydrogen-bond acceptors (Lipinski definition) is 9. The van der Waals surface area contributed by atoms with Crippen molar-refractivity contribution in [1.82, 2.24) is 14.7 Å². The van der Waals surface area contributed by atoms with Gasteiger partial charge < -0.3 is 19.7 Å². The van der Waals surface area contributed by atoms with Gasteiger partial charge >= 0.3 is 0 Å². The van der Waals surface area contributed by atoms with Gasteiger partial charge in [-0.2, -0.15) is 8.42 Å². The van der Waals surface area contributed by atoms with Crippen molar-refractivity contribution in [2.45, 2.75) is 37.8 Å². The van der Waals surface area contributed by atoms with Crippen LogP contribution in [0.4, 0.5) is 17.3 Å². The highest BCUT2D eigenvalue weighted by Gasteiger charge is 2.39. The summed E-state index contributed by atoms with van der Waals surface area (Å²) < 4.78 is 39.1. The lowest BCUT2D eigenvalue weighted by Gasteiger charge is -2.33. The average molecular weight is 526 g/mol. The quantitative estimate of drug-likeness (QED) is 0.449. The lowest BCUT2D eigenvalue weighted by molar-refractivity contribution is 0.0981. The van der Waals surface area contributed by atoms with Gasteiger partial charge in [0.2, 0.25) is 0 Å². The minimum Gasteiger partial charge on any atom is -0.497 e. The average Bonchev–Trinajstić information content (AvgIpc) is 3.15. The molecule has 1 fully saturated rings. The van der Waals surface area contributed by atoms with Gasteiger partial charge in [0.1, 0.15) is 23.1 Å². The maximum atomic E-state index is 13.2. The van der Waals surface area contributed by atoms with E-state index < -0.39 is 15.9 Å². The zero-order valence-electron chi connectivity index (χ0n) is 21.5. The van der Waals surface area contributed by atoms with Crippen LogP contribution in [-0.2, 0) is 10.0 Å². The second-order valence-electron chi connectivity index (χ2n) is 9.59. The molecular formula is C26H31N5O5S. The summed E-state index contributed by atoms with van der Waals surface area (Å²) in [7, 11) is -1.22. The lowest BCUT2D eigenvalue weighted by atomic mass is 9.97. The number of carbonyl (C=O) groups excluding carboxylic acids is 1. The third kappa shape index (κ3) is 5.61. The molecule has 3 heterocycles. The molecule has 4 rings (SSSR count). The first-order chi connectivity index (χ1) is 17.5. The van der Waals surface area contributed by atoms with Crippen LogP contribution >= 0.6 is 0 Å². The summed E-state index contributed by atoms with van der Waals surface area (Å²) in [5, 5.41) is 2.73. The fraction of sp³-hybridized carbons (Fsp3) is 0.346. The molecule has 37 heavy (non-hydrogen) atoms. The van der Waals surface area contributed by atoms with Crippen LogP contribution in [0.25, 0.3) is 0 Å². The van der Waals surface area contributed by atoms with Crippen LogP contribution in [0.15, 0.2) is 59.8 Å². The molecule has 0 aliphatic carbocycles. The maximum Gasteiger partial charge on any atom is 0.281 e. The van der Waals surface area contributed by atoms with Gasteiger partial charge in [-0.1, -0.05) is 13.0 Å². The number of nitrogens with zero attached hydrogens (tertiary/aromatic N) is 3. The van der Waals surface area contributed by atoms with E-state index in [0.29, 0.717) is 28.9 Å². The predicted molar refractivity (Wildman–Crippen MR) is 141 cm³/mol. The number of rotatable bonds is 8. The number of pyridine rings is 2. The first-order valence-corrected chi connectivity index (χ1v) is 13.3. The van der Waals surface area contributed by atoms with E-state index in [9.17, 15) is 13.2 Å². The molecule has 2 N–H and O–H groups in total. The van der Waals surface area contributed by atoms with Crippen molar-refractivity contribution >= 4 is 33.3 Å². The molecule has 3 aromatic rings. The molecule has 0 radical (unpaired) electrons. The summed E-state index contributed by atoms with van der Waals surface area (Å²) in [5.74, 6) is 1.46. The van der Waals surface area contributed by atoms with Gasteiger partial charge in [0.15, 0.2) is 5.03 Å². The Labute approximate surface area is 217 Å². The Hall–Kier alpha value is -3.86. The monoisotopic (exact) mass is 525 g/mol. The predicted octanol–water partition coefficient (Wildman–Crippen LogP) is 3.98. The molecule has 1 aliphatic heterocycles. The minimum absolute atomic E-state index is 0.184. The minimum atomic E-state index is -4.28. The van der Waals surface area contributed by atoms with Crippen molar-refractivity contribution in [2.75, 3.05) is 31.0 Å². The van der Waals surface area contributed by atoms with Gasteiger partial charge in [-0.15, -0.1) is 0 Å². The van der Waals surface area contributed by atoms with Crippen LogP contribution in [0.5, 0.6) is 11.5 Å². The van der Waals surface area contributed by atoms with Crippen LogP contribution in [-0.4, -0.2) is 50.6 Å². The second kappa shape index (κ2) is 10.3. The third-order valence-electron chi connectivity index (χ3n) is 6.26. The number of benzene rings is 1. The number of carbonyl (C=O) groups is 1. The van der Waals surface area contributed by atoms with E-state index in [1.165, 1.54) is 19.2 Å². The van der Waals surface area contributed by atoms with E-state index >= 15 is 0 Å². The SMILES string of the molecule is COc1ccc(OC)c(Nc2cccc(S(=O)(=O)NC(=O)c3cccnc3N3CC(C)CC3(C)C)n2)c1. The number of amides is 1. The van der Waals surface area contributed by atoms with Gasteiger partial charge in [0.05, 0.1) is 25.5 Å². The molecule has 0 bridgehead atoms. The molecule has 1 unspecified atom stereocenters. The lowest BCUT2D eigenvalue weighted by Crippen LogP contribution is -2.41. The highest BCUT2D eigenvalue weighted by Crippen LogP contribution is 2.37. The standard InChI is InChI=1S/C26H31N5O5S/c1-17-15-26(2,3)31(16-17)24-19(8-7-13-27-24)25(32)30-37(33,34)23-10-6-9-22(29-23)28-20-14-18(35-4)11-12-21(20)36-5/h6-14,17H,15-16H2,1-5H3,(H,28,29)(H,30,32). The van der Waals surface area contributed by atoms with Gasteiger partial charge in [-0.3, -0.25) is 4.79 Å². The van der Waals surface area contributed by atoms with Gasteiger partial charge in [0, 0.05) is 24.3 Å². The Balaban J connectivity index is 1.59. The molecule has 1 aliphatic rings. The molecule has 0 spiro atoms. The third-order valence-corrected chi connectivity index (χ3v) is 7.49. The fourth-order valence-corrected chi connectivity index (χ4v) is 5.60. The van der Waals surface area contributed by atoms with E-state index in [1.807, 2.05) is 0 Å². The smallest absolute Gasteiger partial charge is 0.281 e. The van der Waals surface area contributed by atoms with Crippen molar-refractivity contribution in [2.24, 2.45) is 5.92 Å². The van der Waals surface area contributed by atoms with Crippen LogP contribution in [0.3, 0.4) is 0 Å². The van der Waals surface area contributed by atoms with Crippen molar-refractivity contribution in [3.8, 4) is 11.5 Å². The number of nitrogens with one attached hydrogen (secondary N) is 2. The molecule has 2 aromatic heterocycles. The summed E-state index contributed by atoms with van der Waals surface area (Å²) in [4.78, 5) is 23.9. The zero-order chi connectivity index (χ0) is 26.8. The molecule has 0 saturated carbocycles. The Morgan fingerprint density at radius 3 is 2.57 bits per heavy atom. The number of methoxy groups -OCH3 is 2. The summed E-state index contributed by atoms with van der Waals surface area (Å²) in [6.45, 7) is 7.04. The molecule has 196 valence electrons. The second-order valence-corrected chi connectivity index (χ2v) is 11.2. The molecule has 1 saturated heterocycles. The normalized spacial score (nSPS) is 16.8. The van der Waals surface area contributed by atoms with E-state index in [-0.39, 0.29) is 21.9 Å². The molecule has 1 aromatic carbocycles. The maximum absolute atomic E-state index is 13.2. The molecule has 1 atom stereocenters. The van der Waals surface area contributed by atoms with Crippen LogP contribution in [0, 0.1) is 5.92 Å². The van der Waals surface area contributed by atoms with Crippen molar-refractivity contribution in [3.05, 3.63) is 60.3 Å². The highest BCUT2D eigenvalue weighted by atomic mass is 32.2. The van der Waals surface area contributed by atoms with Gasteiger partial charge in [-0.25, -0.2) is 14.7 Å². The van der Waals surface area contributed by atoms with E-state index in [1.54, 1.807) is 49.7 Å². The van der Waals surface area contributed by atoms with Crippen molar-refractivity contribution < 1.29 is 22.7 Å². The Bertz CT molecular complexity index is 1410. The van der Waals surface area contributed by atoms with E-state index in [2.05, 4.69) is 45.7 Å². The summed E-state index contributed by atoms with van der Waals surface area (Å²) in [6, 6.07) is 12.8. The summed E-state index contributed by atoms with van der Waals surface area (Å²) in [6.07, 6.45) is 2.54. The Kier molecular flexibility index (Phi) is 7.26. The van der Waals surface area contributed by atoms with Crippen LogP contribution < -0.4 is 24.4 Å². The molecular weight excluding hydrogens is 494 g/mol. The first-order valence-electron chi connectivity index (χ1n) is 11.8. The number of anilines is 3. The number of hydrogen-bond donors (Lipinski definition) is 2.